The molecule has 0 saturated carbocycles. The Morgan fingerprint density at radius 1 is 0.279 bits per heavy atom. The van der Waals surface area contributed by atoms with E-state index >= 15 is 0 Å². The zero-order valence-electron chi connectivity index (χ0n) is 38.8. The van der Waals surface area contributed by atoms with Crippen LogP contribution in [0.4, 0.5) is 34.1 Å². The van der Waals surface area contributed by atoms with Crippen LogP contribution in [0.15, 0.2) is 231 Å². The zero-order valence-corrected chi connectivity index (χ0v) is 38.8. The highest BCUT2D eigenvalue weighted by Crippen LogP contribution is 2.58. The van der Waals surface area contributed by atoms with Crippen molar-refractivity contribution in [3.8, 4) is 33.4 Å². The minimum Gasteiger partial charge on any atom is -0.310 e. The van der Waals surface area contributed by atoms with Gasteiger partial charge < -0.3 is 9.80 Å². The van der Waals surface area contributed by atoms with E-state index in [4.69, 9.17) is 0 Å². The van der Waals surface area contributed by atoms with E-state index in [2.05, 4.69) is 268 Å². The van der Waals surface area contributed by atoms with E-state index in [0.29, 0.717) is 0 Å². The molecule has 11 aromatic carbocycles. The third-order valence-electron chi connectivity index (χ3n) is 15.2. The maximum absolute atomic E-state index is 2.53. The van der Waals surface area contributed by atoms with E-state index in [0.717, 1.165) is 11.4 Å². The summed E-state index contributed by atoms with van der Waals surface area (Å²) in [5.41, 5.74) is 19.4. The third kappa shape index (κ3) is 5.83. The van der Waals surface area contributed by atoms with E-state index in [9.17, 15) is 0 Å². The molecule has 11 aromatic rings. The number of hydrogen-bond acceptors (Lipinski definition) is 2. The number of anilines is 6. The first kappa shape index (κ1) is 40.1. The molecule has 0 amide bonds. The second-order valence-corrected chi connectivity index (χ2v) is 19.6. The second kappa shape index (κ2) is 15.2. The van der Waals surface area contributed by atoms with Gasteiger partial charge in [0.25, 0.3) is 0 Å². The summed E-state index contributed by atoms with van der Waals surface area (Å²) in [7, 11) is 0. The molecule has 68 heavy (non-hydrogen) atoms. The monoisotopic (exact) mass is 870 g/mol. The number of para-hydroxylation sites is 4. The predicted molar refractivity (Wildman–Crippen MR) is 289 cm³/mol. The minimum absolute atomic E-state index is 0.300. The van der Waals surface area contributed by atoms with Crippen LogP contribution in [-0.4, -0.2) is 0 Å². The van der Waals surface area contributed by atoms with Gasteiger partial charge in [0.15, 0.2) is 0 Å². The zero-order chi connectivity index (χ0) is 45.7. The van der Waals surface area contributed by atoms with Crippen LogP contribution in [0.2, 0.25) is 0 Å². The van der Waals surface area contributed by atoms with E-state index in [1.165, 1.54) is 111 Å². The van der Waals surface area contributed by atoms with Gasteiger partial charge in [-0.2, -0.15) is 0 Å². The lowest BCUT2D eigenvalue weighted by Gasteiger charge is -2.43. The van der Waals surface area contributed by atoms with Gasteiger partial charge in [-0.1, -0.05) is 204 Å². The molecule has 0 spiro atoms. The molecular formula is C66H50N2. The molecule has 0 bridgehead atoms. The molecule has 0 N–H and O–H groups in total. The Balaban J connectivity index is 1.14. The summed E-state index contributed by atoms with van der Waals surface area (Å²) < 4.78 is 0. The standard InChI is InChI=1S/C66H50N2/c1-65(2)56-36-13-15-38-58(56)67(44-24-7-5-8-25-44)60-40-20-34-52(63(60)65)47-29-18-32-50-54(47)42-55-48(30-19-33-51(55)62(50)49-31-17-23-43-22-11-12-28-46(43)49)53-35-21-41-61-64(53)66(3,4)57-37-14-16-39-59(57)68(61)45-26-9-6-10-27-45/h5-42H,1-4H3. The lowest BCUT2D eigenvalue weighted by molar-refractivity contribution is 0.633. The van der Waals surface area contributed by atoms with E-state index < -0.39 is 0 Å². The van der Waals surface area contributed by atoms with Gasteiger partial charge >= 0.3 is 0 Å². The third-order valence-corrected chi connectivity index (χ3v) is 15.2. The Bertz CT molecular complexity index is 3590. The maximum Gasteiger partial charge on any atom is 0.0508 e. The molecule has 0 fully saturated rings. The van der Waals surface area contributed by atoms with Crippen LogP contribution < -0.4 is 9.80 Å². The van der Waals surface area contributed by atoms with Gasteiger partial charge in [0.1, 0.15) is 0 Å². The Hall–Kier alpha value is -8.20. The summed E-state index contributed by atoms with van der Waals surface area (Å²) in [6.45, 7) is 9.64. The summed E-state index contributed by atoms with van der Waals surface area (Å²) in [6.07, 6.45) is 0. The quantitative estimate of drug-likeness (QED) is 0.159. The number of fused-ring (bicyclic) bond motifs is 7. The Labute approximate surface area is 399 Å². The highest BCUT2D eigenvalue weighted by Gasteiger charge is 2.41. The fraction of sp³-hybridized carbons (Fsp3) is 0.0909. The molecular weight excluding hydrogens is 821 g/mol. The molecule has 0 unspecified atom stereocenters. The topological polar surface area (TPSA) is 6.48 Å². The normalized spacial score (nSPS) is 14.4. The van der Waals surface area contributed by atoms with E-state index in [-0.39, 0.29) is 10.8 Å². The van der Waals surface area contributed by atoms with Crippen molar-refractivity contribution in [1.82, 2.24) is 0 Å². The second-order valence-electron chi connectivity index (χ2n) is 19.6. The summed E-state index contributed by atoms with van der Waals surface area (Å²) in [6, 6.07) is 85.8. The van der Waals surface area contributed by atoms with Gasteiger partial charge in [0, 0.05) is 22.2 Å². The summed E-state index contributed by atoms with van der Waals surface area (Å²) in [5, 5.41) is 7.46. The van der Waals surface area contributed by atoms with Crippen LogP contribution in [0.25, 0.3) is 65.7 Å². The number of benzene rings is 11. The molecule has 13 rings (SSSR count). The first-order chi connectivity index (χ1) is 33.3. The Morgan fingerprint density at radius 2 is 0.647 bits per heavy atom. The van der Waals surface area contributed by atoms with Crippen LogP contribution >= 0.6 is 0 Å². The first-order valence-corrected chi connectivity index (χ1v) is 23.9. The fourth-order valence-electron chi connectivity index (χ4n) is 12.2. The van der Waals surface area contributed by atoms with E-state index in [1.54, 1.807) is 0 Å². The molecule has 0 saturated heterocycles. The van der Waals surface area contributed by atoms with Gasteiger partial charge in [-0.05, 0) is 143 Å². The van der Waals surface area contributed by atoms with Crippen LogP contribution in [0.3, 0.4) is 0 Å². The average molecular weight is 871 g/mol. The maximum atomic E-state index is 2.53. The predicted octanol–water partition coefficient (Wildman–Crippen LogP) is 18.4. The minimum atomic E-state index is -0.300. The lowest BCUT2D eigenvalue weighted by atomic mass is 9.70. The van der Waals surface area contributed by atoms with Crippen molar-refractivity contribution < 1.29 is 0 Å². The number of hydrogen-bond donors (Lipinski definition) is 0. The largest absolute Gasteiger partial charge is 0.310 e. The number of nitrogens with zero attached hydrogens (tertiary/aromatic N) is 2. The van der Waals surface area contributed by atoms with Crippen LogP contribution in [0.1, 0.15) is 49.9 Å². The molecule has 2 heteroatoms. The van der Waals surface area contributed by atoms with Crippen molar-refractivity contribution in [2.75, 3.05) is 9.80 Å². The van der Waals surface area contributed by atoms with Gasteiger partial charge in [0.05, 0.1) is 22.7 Å². The van der Waals surface area contributed by atoms with Gasteiger partial charge in [-0.25, -0.2) is 0 Å². The molecule has 0 radical (unpaired) electrons. The van der Waals surface area contributed by atoms with Crippen molar-refractivity contribution in [2.24, 2.45) is 0 Å². The smallest absolute Gasteiger partial charge is 0.0508 e. The van der Waals surface area contributed by atoms with Crippen molar-refractivity contribution in [1.29, 1.82) is 0 Å². The van der Waals surface area contributed by atoms with Crippen molar-refractivity contribution in [2.45, 2.75) is 38.5 Å². The van der Waals surface area contributed by atoms with Crippen molar-refractivity contribution in [3.63, 3.8) is 0 Å². The summed E-state index contributed by atoms with van der Waals surface area (Å²) in [5.74, 6) is 0. The molecule has 2 aliphatic rings. The average Bonchev–Trinajstić information content (AvgIpc) is 3.38. The number of rotatable bonds is 5. The molecule has 324 valence electrons. The molecule has 2 heterocycles. The van der Waals surface area contributed by atoms with Gasteiger partial charge in [0.2, 0.25) is 0 Å². The van der Waals surface area contributed by atoms with Crippen LogP contribution in [0.5, 0.6) is 0 Å². The summed E-state index contributed by atoms with van der Waals surface area (Å²) >= 11 is 0. The molecule has 2 nitrogen and oxygen atoms in total. The highest BCUT2D eigenvalue weighted by molar-refractivity contribution is 6.22. The van der Waals surface area contributed by atoms with Crippen molar-refractivity contribution in [3.05, 3.63) is 253 Å². The van der Waals surface area contributed by atoms with Crippen molar-refractivity contribution >= 4 is 66.4 Å². The van der Waals surface area contributed by atoms with Gasteiger partial charge in [-0.15, -0.1) is 0 Å². The SMILES string of the molecule is CC1(C)c2ccccc2N(c2ccccc2)c2cccc(-c3cccc4c(-c5cccc6ccccc56)c5cccc(-c6cccc7c6C(C)(C)c6ccccc6N7c6ccccc6)c5cc34)c21. The Kier molecular flexibility index (Phi) is 8.95. The van der Waals surface area contributed by atoms with Crippen LogP contribution in [-0.2, 0) is 10.8 Å². The lowest BCUT2D eigenvalue weighted by Crippen LogP contribution is -2.31. The first-order valence-electron chi connectivity index (χ1n) is 23.9. The summed E-state index contributed by atoms with van der Waals surface area (Å²) in [4.78, 5) is 4.94. The molecule has 0 atom stereocenters. The fourth-order valence-corrected chi connectivity index (χ4v) is 12.2. The molecule has 0 aliphatic carbocycles. The van der Waals surface area contributed by atoms with E-state index in [1.807, 2.05) is 0 Å². The molecule has 2 aliphatic heterocycles. The molecule has 0 aromatic heterocycles. The Morgan fingerprint density at radius 3 is 1.18 bits per heavy atom. The highest BCUT2D eigenvalue weighted by atomic mass is 15.2. The van der Waals surface area contributed by atoms with Gasteiger partial charge in [-0.3, -0.25) is 0 Å². The van der Waals surface area contributed by atoms with Crippen LogP contribution in [0, 0.1) is 0 Å².